The predicted molar refractivity (Wildman–Crippen MR) is 60.3 cm³/mol. The molecule has 3 N–H and O–H groups in total. The van der Waals surface area contributed by atoms with Crippen LogP contribution in [0.25, 0.3) is 0 Å². The number of aromatic hydroxyl groups is 1. The zero-order chi connectivity index (χ0) is 11.4. The van der Waals surface area contributed by atoms with Crippen molar-refractivity contribution < 1.29 is 5.11 Å². The van der Waals surface area contributed by atoms with Crippen molar-refractivity contribution in [3.8, 4) is 5.75 Å². The molecule has 0 aliphatic carbocycles. The fourth-order valence-electron chi connectivity index (χ4n) is 1.32. The number of benzene rings is 1. The predicted octanol–water partition coefficient (Wildman–Crippen LogP) is 1.09. The smallest absolute Gasteiger partial charge is 0.346 e. The fourth-order valence-corrected chi connectivity index (χ4v) is 1.32. The van der Waals surface area contributed by atoms with Gasteiger partial charge in [-0.05, 0) is 12.1 Å². The van der Waals surface area contributed by atoms with Gasteiger partial charge in [-0.15, -0.1) is 0 Å². The van der Waals surface area contributed by atoms with Gasteiger partial charge in [-0.1, -0.05) is 18.2 Å². The van der Waals surface area contributed by atoms with Crippen molar-refractivity contribution in [2.45, 2.75) is 6.54 Å². The van der Waals surface area contributed by atoms with Gasteiger partial charge in [0, 0.05) is 18.3 Å². The number of aromatic amines is 1. The second kappa shape index (κ2) is 4.48. The van der Waals surface area contributed by atoms with Gasteiger partial charge in [0.25, 0.3) is 0 Å². The molecule has 1 aromatic carbocycles. The third kappa shape index (κ3) is 2.38. The SMILES string of the molecule is O=c1nc(NCc2ccccc2O)cc[nH]1. The first kappa shape index (κ1) is 10.2. The normalized spacial score (nSPS) is 10.0. The van der Waals surface area contributed by atoms with E-state index in [1.165, 1.54) is 6.20 Å². The zero-order valence-corrected chi connectivity index (χ0v) is 8.47. The van der Waals surface area contributed by atoms with Crippen LogP contribution in [0, 0.1) is 0 Å². The highest BCUT2D eigenvalue weighted by atomic mass is 16.3. The lowest BCUT2D eigenvalue weighted by molar-refractivity contribution is 0.469. The van der Waals surface area contributed by atoms with Crippen molar-refractivity contribution in [2.75, 3.05) is 5.32 Å². The van der Waals surface area contributed by atoms with Crippen molar-refractivity contribution in [2.24, 2.45) is 0 Å². The quantitative estimate of drug-likeness (QED) is 0.719. The molecule has 2 aromatic rings. The maximum Gasteiger partial charge on any atom is 0.346 e. The van der Waals surface area contributed by atoms with E-state index in [0.29, 0.717) is 12.4 Å². The third-order valence-electron chi connectivity index (χ3n) is 2.12. The Bertz CT molecular complexity index is 537. The molecule has 0 radical (unpaired) electrons. The Morgan fingerprint density at radius 2 is 2.12 bits per heavy atom. The van der Waals surface area contributed by atoms with Crippen LogP contribution in [-0.2, 0) is 6.54 Å². The van der Waals surface area contributed by atoms with E-state index in [-0.39, 0.29) is 5.75 Å². The Kier molecular flexibility index (Phi) is 2.86. The first-order chi connectivity index (χ1) is 7.75. The van der Waals surface area contributed by atoms with Crippen LogP contribution in [0.15, 0.2) is 41.3 Å². The van der Waals surface area contributed by atoms with Crippen molar-refractivity contribution in [1.29, 1.82) is 0 Å². The average Bonchev–Trinajstić information content (AvgIpc) is 2.28. The number of H-pyrrole nitrogens is 1. The van der Waals surface area contributed by atoms with Gasteiger partial charge in [-0.2, -0.15) is 4.98 Å². The summed E-state index contributed by atoms with van der Waals surface area (Å²) >= 11 is 0. The van der Waals surface area contributed by atoms with E-state index < -0.39 is 5.69 Å². The molecular formula is C11H11N3O2. The first-order valence-electron chi connectivity index (χ1n) is 4.82. The second-order valence-electron chi connectivity index (χ2n) is 3.26. The van der Waals surface area contributed by atoms with Crippen LogP contribution in [0.4, 0.5) is 5.82 Å². The molecular weight excluding hydrogens is 206 g/mol. The number of para-hydroxylation sites is 1. The molecule has 0 aliphatic heterocycles. The summed E-state index contributed by atoms with van der Waals surface area (Å²) in [6.45, 7) is 0.420. The van der Waals surface area contributed by atoms with Crippen LogP contribution in [0.3, 0.4) is 0 Å². The van der Waals surface area contributed by atoms with Crippen LogP contribution in [-0.4, -0.2) is 15.1 Å². The molecule has 1 aromatic heterocycles. The molecule has 0 saturated carbocycles. The minimum absolute atomic E-state index is 0.222. The lowest BCUT2D eigenvalue weighted by Crippen LogP contribution is -2.12. The molecule has 0 amide bonds. The van der Waals surface area contributed by atoms with Gasteiger partial charge in [0.15, 0.2) is 0 Å². The van der Waals surface area contributed by atoms with E-state index in [1.54, 1.807) is 24.3 Å². The van der Waals surface area contributed by atoms with Crippen molar-refractivity contribution in [1.82, 2.24) is 9.97 Å². The second-order valence-corrected chi connectivity index (χ2v) is 3.26. The van der Waals surface area contributed by atoms with Crippen LogP contribution in [0.5, 0.6) is 5.75 Å². The highest BCUT2D eigenvalue weighted by Crippen LogP contribution is 2.16. The Morgan fingerprint density at radius 1 is 1.31 bits per heavy atom. The van der Waals surface area contributed by atoms with Gasteiger partial charge in [0.1, 0.15) is 11.6 Å². The van der Waals surface area contributed by atoms with Crippen LogP contribution < -0.4 is 11.0 Å². The topological polar surface area (TPSA) is 78.0 Å². The van der Waals surface area contributed by atoms with Crippen LogP contribution >= 0.6 is 0 Å². The van der Waals surface area contributed by atoms with Crippen molar-refractivity contribution in [3.05, 3.63) is 52.6 Å². The average molecular weight is 217 g/mol. The van der Waals surface area contributed by atoms with E-state index in [2.05, 4.69) is 15.3 Å². The summed E-state index contributed by atoms with van der Waals surface area (Å²) in [7, 11) is 0. The van der Waals surface area contributed by atoms with Crippen LogP contribution in [0.2, 0.25) is 0 Å². The summed E-state index contributed by atoms with van der Waals surface area (Å²) in [4.78, 5) is 17.1. The molecule has 5 heteroatoms. The molecule has 0 bridgehead atoms. The molecule has 1 heterocycles. The Labute approximate surface area is 91.8 Å². The van der Waals surface area contributed by atoms with E-state index >= 15 is 0 Å². The number of hydrogen-bond acceptors (Lipinski definition) is 4. The molecule has 0 fully saturated rings. The number of nitrogens with one attached hydrogen (secondary N) is 2. The number of phenols is 1. The number of hydrogen-bond donors (Lipinski definition) is 3. The molecule has 0 atom stereocenters. The maximum atomic E-state index is 10.9. The third-order valence-corrected chi connectivity index (χ3v) is 2.12. The lowest BCUT2D eigenvalue weighted by Gasteiger charge is -2.06. The lowest BCUT2D eigenvalue weighted by atomic mass is 10.2. The number of anilines is 1. The molecule has 5 nitrogen and oxygen atoms in total. The Balaban J connectivity index is 2.08. The number of aromatic nitrogens is 2. The molecule has 0 unspecified atom stereocenters. The number of rotatable bonds is 3. The number of phenolic OH excluding ortho intramolecular Hbond substituents is 1. The summed E-state index contributed by atoms with van der Waals surface area (Å²) in [6, 6.07) is 8.66. The fraction of sp³-hybridized carbons (Fsp3) is 0.0909. The Hall–Kier alpha value is -2.30. The maximum absolute atomic E-state index is 10.9. The Morgan fingerprint density at radius 3 is 2.88 bits per heavy atom. The van der Waals surface area contributed by atoms with E-state index in [4.69, 9.17) is 0 Å². The largest absolute Gasteiger partial charge is 0.508 e. The standard InChI is InChI=1S/C11H11N3O2/c15-9-4-2-1-3-8(9)7-13-10-5-6-12-11(16)14-10/h1-6,15H,7H2,(H2,12,13,14,16). The molecule has 0 saturated heterocycles. The zero-order valence-electron chi connectivity index (χ0n) is 8.47. The summed E-state index contributed by atoms with van der Waals surface area (Å²) in [5.41, 5.74) is 0.354. The monoisotopic (exact) mass is 217 g/mol. The number of nitrogens with zero attached hydrogens (tertiary/aromatic N) is 1. The summed E-state index contributed by atoms with van der Waals surface area (Å²) in [5, 5.41) is 12.5. The summed E-state index contributed by atoms with van der Waals surface area (Å²) < 4.78 is 0. The first-order valence-corrected chi connectivity index (χ1v) is 4.82. The van der Waals surface area contributed by atoms with Gasteiger partial charge >= 0.3 is 5.69 Å². The molecule has 2 rings (SSSR count). The molecule has 16 heavy (non-hydrogen) atoms. The van der Waals surface area contributed by atoms with Gasteiger partial charge in [-0.25, -0.2) is 4.79 Å². The van der Waals surface area contributed by atoms with Crippen LogP contribution in [0.1, 0.15) is 5.56 Å². The molecule has 82 valence electrons. The van der Waals surface area contributed by atoms with E-state index in [9.17, 15) is 9.90 Å². The van der Waals surface area contributed by atoms with Crippen molar-refractivity contribution in [3.63, 3.8) is 0 Å². The minimum atomic E-state index is -0.401. The van der Waals surface area contributed by atoms with Gasteiger partial charge in [0.2, 0.25) is 0 Å². The highest BCUT2D eigenvalue weighted by Gasteiger charge is 1.99. The summed E-state index contributed by atoms with van der Waals surface area (Å²) in [5.74, 6) is 0.701. The van der Waals surface area contributed by atoms with Gasteiger partial charge < -0.3 is 15.4 Å². The van der Waals surface area contributed by atoms with E-state index in [0.717, 1.165) is 5.56 Å². The van der Waals surface area contributed by atoms with Gasteiger partial charge in [-0.3, -0.25) is 0 Å². The highest BCUT2D eigenvalue weighted by molar-refractivity contribution is 5.38. The van der Waals surface area contributed by atoms with Gasteiger partial charge in [0.05, 0.1) is 0 Å². The van der Waals surface area contributed by atoms with E-state index in [1.807, 2.05) is 6.07 Å². The minimum Gasteiger partial charge on any atom is -0.508 e. The molecule has 0 aliphatic rings. The molecule has 0 spiro atoms. The summed E-state index contributed by atoms with van der Waals surface area (Å²) in [6.07, 6.45) is 1.52. The van der Waals surface area contributed by atoms with Crippen molar-refractivity contribution >= 4 is 5.82 Å².